The van der Waals surface area contributed by atoms with Gasteiger partial charge in [-0.1, -0.05) is 18.2 Å². The van der Waals surface area contributed by atoms with Gasteiger partial charge in [0.2, 0.25) is 0 Å². The maximum Gasteiger partial charge on any atom is 0.157 e. The molecule has 130 valence electrons. The Labute approximate surface area is 145 Å². The Kier molecular flexibility index (Phi) is 4.21. The van der Waals surface area contributed by atoms with Crippen LogP contribution in [-0.2, 0) is 13.6 Å². The van der Waals surface area contributed by atoms with E-state index in [2.05, 4.69) is 20.1 Å². The Morgan fingerprint density at radius 1 is 1.20 bits per heavy atom. The third-order valence-corrected chi connectivity index (χ3v) is 4.27. The molecule has 0 amide bonds. The van der Waals surface area contributed by atoms with E-state index in [0.717, 1.165) is 11.5 Å². The first-order chi connectivity index (χ1) is 12.2. The van der Waals surface area contributed by atoms with Gasteiger partial charge in [0.15, 0.2) is 5.75 Å². The zero-order valence-electron chi connectivity index (χ0n) is 13.9. The van der Waals surface area contributed by atoms with Crippen LogP contribution in [0.4, 0.5) is 0 Å². The third kappa shape index (κ3) is 3.40. The molecule has 0 saturated carbocycles. The molecule has 1 aromatic carbocycles. The molecule has 2 atom stereocenters. The quantitative estimate of drug-likeness (QED) is 0.733. The van der Waals surface area contributed by atoms with Crippen LogP contribution in [0.5, 0.6) is 5.75 Å². The SMILES string of the molecule is Cn1cc(O[C@@H]2CN(Cc3ncnn3-c3ccccc3)C[C@H]2O)cn1. The fourth-order valence-electron chi connectivity index (χ4n) is 3.07. The lowest BCUT2D eigenvalue weighted by atomic mass is 10.3. The maximum absolute atomic E-state index is 10.3. The molecule has 4 rings (SSSR count). The summed E-state index contributed by atoms with van der Waals surface area (Å²) in [4.78, 5) is 6.49. The van der Waals surface area contributed by atoms with Crippen LogP contribution < -0.4 is 4.74 Å². The van der Waals surface area contributed by atoms with Crippen molar-refractivity contribution in [2.75, 3.05) is 13.1 Å². The summed E-state index contributed by atoms with van der Waals surface area (Å²) in [6.07, 6.45) is 4.17. The van der Waals surface area contributed by atoms with Gasteiger partial charge < -0.3 is 9.84 Å². The van der Waals surface area contributed by atoms with E-state index in [0.29, 0.717) is 25.4 Å². The minimum Gasteiger partial charge on any atom is -0.483 e. The average molecular weight is 340 g/mol. The van der Waals surface area contributed by atoms with Crippen LogP contribution in [0, 0.1) is 0 Å². The Morgan fingerprint density at radius 3 is 2.80 bits per heavy atom. The minimum atomic E-state index is -0.548. The summed E-state index contributed by atoms with van der Waals surface area (Å²) in [6.45, 7) is 1.75. The molecule has 8 nitrogen and oxygen atoms in total. The average Bonchev–Trinajstić information content (AvgIpc) is 3.31. The zero-order chi connectivity index (χ0) is 17.2. The molecule has 1 aliphatic rings. The van der Waals surface area contributed by atoms with E-state index < -0.39 is 6.10 Å². The van der Waals surface area contributed by atoms with Crippen molar-refractivity contribution < 1.29 is 9.84 Å². The normalized spacial score (nSPS) is 20.9. The van der Waals surface area contributed by atoms with Gasteiger partial charge in [0.25, 0.3) is 0 Å². The van der Waals surface area contributed by atoms with Crippen molar-refractivity contribution in [2.24, 2.45) is 7.05 Å². The maximum atomic E-state index is 10.3. The van der Waals surface area contributed by atoms with Crippen LogP contribution in [-0.4, -0.2) is 59.8 Å². The van der Waals surface area contributed by atoms with Gasteiger partial charge in [-0.2, -0.15) is 10.2 Å². The van der Waals surface area contributed by atoms with Crippen LogP contribution in [0.3, 0.4) is 0 Å². The van der Waals surface area contributed by atoms with Crippen LogP contribution in [0.15, 0.2) is 49.1 Å². The topological polar surface area (TPSA) is 81.2 Å². The van der Waals surface area contributed by atoms with Crippen molar-refractivity contribution in [3.63, 3.8) is 0 Å². The Bertz CT molecular complexity index is 831. The van der Waals surface area contributed by atoms with Gasteiger partial charge in [0, 0.05) is 20.1 Å². The summed E-state index contributed by atoms with van der Waals surface area (Å²) in [6, 6.07) is 9.89. The highest BCUT2D eigenvalue weighted by atomic mass is 16.5. The number of nitrogens with zero attached hydrogens (tertiary/aromatic N) is 6. The molecule has 2 aromatic heterocycles. The second-order valence-corrected chi connectivity index (χ2v) is 6.19. The summed E-state index contributed by atoms with van der Waals surface area (Å²) < 4.78 is 9.35. The molecule has 1 aliphatic heterocycles. The van der Waals surface area contributed by atoms with Gasteiger partial charge in [-0.3, -0.25) is 9.58 Å². The highest BCUT2D eigenvalue weighted by Crippen LogP contribution is 2.20. The van der Waals surface area contributed by atoms with Crippen molar-refractivity contribution >= 4 is 0 Å². The van der Waals surface area contributed by atoms with E-state index in [1.807, 2.05) is 42.1 Å². The summed E-state index contributed by atoms with van der Waals surface area (Å²) in [5.74, 6) is 1.50. The predicted octanol–water partition coefficient (Wildman–Crippen LogP) is 0.625. The molecule has 0 aliphatic carbocycles. The molecule has 25 heavy (non-hydrogen) atoms. The standard InChI is InChI=1S/C17H20N6O2/c1-21-8-14(7-19-21)25-16-10-22(9-15(16)24)11-17-18-12-20-23(17)13-5-3-2-4-6-13/h2-8,12,15-16,24H,9-11H2,1H3/t15-,16-/m1/s1. The molecule has 1 saturated heterocycles. The number of ether oxygens (including phenoxy) is 1. The molecule has 1 fully saturated rings. The Morgan fingerprint density at radius 2 is 2.04 bits per heavy atom. The van der Waals surface area contributed by atoms with E-state index in [1.165, 1.54) is 0 Å². The number of aryl methyl sites for hydroxylation is 1. The van der Waals surface area contributed by atoms with E-state index in [9.17, 15) is 5.11 Å². The second-order valence-electron chi connectivity index (χ2n) is 6.19. The molecule has 3 aromatic rings. The van der Waals surface area contributed by atoms with Crippen LogP contribution >= 0.6 is 0 Å². The van der Waals surface area contributed by atoms with Crippen molar-refractivity contribution in [2.45, 2.75) is 18.8 Å². The van der Waals surface area contributed by atoms with Crippen molar-refractivity contribution in [3.05, 3.63) is 54.9 Å². The number of rotatable bonds is 5. The summed E-state index contributed by atoms with van der Waals surface area (Å²) >= 11 is 0. The van der Waals surface area contributed by atoms with Gasteiger partial charge in [0.1, 0.15) is 24.4 Å². The van der Waals surface area contributed by atoms with E-state index >= 15 is 0 Å². The van der Waals surface area contributed by atoms with Gasteiger partial charge in [-0.15, -0.1) is 0 Å². The zero-order valence-corrected chi connectivity index (χ0v) is 13.9. The number of benzene rings is 1. The van der Waals surface area contributed by atoms with Gasteiger partial charge in [0.05, 0.1) is 24.6 Å². The molecular weight excluding hydrogens is 320 g/mol. The van der Waals surface area contributed by atoms with Gasteiger partial charge in [-0.05, 0) is 12.1 Å². The highest BCUT2D eigenvalue weighted by molar-refractivity contribution is 5.30. The van der Waals surface area contributed by atoms with Crippen LogP contribution in [0.1, 0.15) is 5.82 Å². The number of aromatic nitrogens is 5. The smallest absolute Gasteiger partial charge is 0.157 e. The Balaban J connectivity index is 1.44. The minimum absolute atomic E-state index is 0.280. The second kappa shape index (κ2) is 6.66. The first-order valence-electron chi connectivity index (χ1n) is 8.19. The Hall–Kier alpha value is -2.71. The number of β-amino-alcohol motifs (C(OH)–C–C–N with tert-alkyl or cyclic N) is 1. The molecule has 3 heterocycles. The summed E-state index contributed by atoms with van der Waals surface area (Å²) in [5.41, 5.74) is 0.970. The number of aliphatic hydroxyl groups excluding tert-OH is 1. The number of hydrogen-bond acceptors (Lipinski definition) is 6. The number of para-hydroxylation sites is 1. The predicted molar refractivity (Wildman–Crippen MR) is 90.3 cm³/mol. The van der Waals surface area contributed by atoms with Crippen LogP contribution in [0.25, 0.3) is 5.69 Å². The first-order valence-corrected chi connectivity index (χ1v) is 8.19. The summed E-state index contributed by atoms with van der Waals surface area (Å²) in [7, 11) is 1.83. The lowest BCUT2D eigenvalue weighted by Gasteiger charge is -2.16. The van der Waals surface area contributed by atoms with Gasteiger partial charge >= 0.3 is 0 Å². The van der Waals surface area contributed by atoms with E-state index in [4.69, 9.17) is 4.74 Å². The third-order valence-electron chi connectivity index (χ3n) is 4.27. The largest absolute Gasteiger partial charge is 0.483 e. The first kappa shape index (κ1) is 15.8. The van der Waals surface area contributed by atoms with E-state index in [1.54, 1.807) is 23.4 Å². The molecule has 0 unspecified atom stereocenters. The number of hydrogen-bond donors (Lipinski definition) is 1. The fourth-order valence-corrected chi connectivity index (χ4v) is 3.07. The lowest BCUT2D eigenvalue weighted by molar-refractivity contribution is 0.0736. The highest BCUT2D eigenvalue weighted by Gasteiger charge is 2.34. The number of likely N-dealkylation sites (tertiary alicyclic amines) is 1. The lowest BCUT2D eigenvalue weighted by Crippen LogP contribution is -2.29. The molecule has 0 radical (unpaired) electrons. The van der Waals surface area contributed by atoms with Crippen LogP contribution in [0.2, 0.25) is 0 Å². The number of aliphatic hydroxyl groups is 1. The molecule has 1 N–H and O–H groups in total. The fraction of sp³-hybridized carbons (Fsp3) is 0.353. The summed E-state index contributed by atoms with van der Waals surface area (Å²) in [5, 5.41) is 18.7. The van der Waals surface area contributed by atoms with E-state index in [-0.39, 0.29) is 6.10 Å². The van der Waals surface area contributed by atoms with Crippen molar-refractivity contribution in [3.8, 4) is 11.4 Å². The van der Waals surface area contributed by atoms with Crippen molar-refractivity contribution in [1.82, 2.24) is 29.4 Å². The monoisotopic (exact) mass is 340 g/mol. The van der Waals surface area contributed by atoms with Gasteiger partial charge in [-0.25, -0.2) is 9.67 Å². The molecule has 0 spiro atoms. The molecule has 8 heteroatoms. The molecule has 0 bridgehead atoms. The van der Waals surface area contributed by atoms with Crippen molar-refractivity contribution in [1.29, 1.82) is 0 Å². The molecular formula is C17H20N6O2.